The molecule has 0 saturated carbocycles. The number of imidazole rings is 1. The highest BCUT2D eigenvalue weighted by molar-refractivity contribution is 7.09. The van der Waals surface area contributed by atoms with Gasteiger partial charge in [-0.05, 0) is 23.6 Å². The van der Waals surface area contributed by atoms with Crippen LogP contribution in [0.25, 0.3) is 27.7 Å². The van der Waals surface area contributed by atoms with Crippen molar-refractivity contribution in [1.29, 1.82) is 0 Å². The predicted molar refractivity (Wildman–Crippen MR) is 124 cm³/mol. The smallest absolute Gasteiger partial charge is 0.313 e. The summed E-state index contributed by atoms with van der Waals surface area (Å²) in [5.74, 6) is 1.14. The minimum absolute atomic E-state index is 0.191. The van der Waals surface area contributed by atoms with E-state index in [2.05, 4.69) is 40.3 Å². The molecule has 7 heteroatoms. The van der Waals surface area contributed by atoms with E-state index in [1.807, 2.05) is 44.3 Å². The second-order valence-corrected chi connectivity index (χ2v) is 9.39. The van der Waals surface area contributed by atoms with E-state index in [0.29, 0.717) is 12.3 Å². The maximum Gasteiger partial charge on any atom is 0.313 e. The topological polar surface area (TPSA) is 61.4 Å². The van der Waals surface area contributed by atoms with Gasteiger partial charge in [0, 0.05) is 17.0 Å². The van der Waals surface area contributed by atoms with E-state index in [9.17, 15) is 4.79 Å². The highest BCUT2D eigenvalue weighted by atomic mass is 32.1. The zero-order valence-corrected chi connectivity index (χ0v) is 18.8. The van der Waals surface area contributed by atoms with Crippen LogP contribution in [0.2, 0.25) is 0 Å². The fourth-order valence-corrected chi connectivity index (χ4v) is 4.52. The normalized spacial score (nSPS) is 12.1. The number of carbonyl (C=O) groups is 1. The maximum absolute atomic E-state index is 12.5. The molecule has 1 aromatic carbocycles. The van der Waals surface area contributed by atoms with Crippen molar-refractivity contribution in [2.45, 2.75) is 40.2 Å². The van der Waals surface area contributed by atoms with Gasteiger partial charge in [-0.3, -0.25) is 9.20 Å². The number of esters is 1. The quantitative estimate of drug-likeness (QED) is 0.338. The summed E-state index contributed by atoms with van der Waals surface area (Å²) in [6, 6.07) is 12.2. The summed E-state index contributed by atoms with van der Waals surface area (Å²) in [5, 5.41) is 2.83. The van der Waals surface area contributed by atoms with Gasteiger partial charge in [0.2, 0.25) is 0 Å². The molecule has 5 aromatic rings. The third kappa shape index (κ3) is 3.29. The SMILES string of the molecule is CC(C)C(=O)Oc1cn(Cc2cccs2)c2nc(C(C)C)n3c4ccccc4nc3c12. The summed E-state index contributed by atoms with van der Waals surface area (Å²) in [6.45, 7) is 8.60. The van der Waals surface area contributed by atoms with Gasteiger partial charge in [0.15, 0.2) is 11.4 Å². The first kappa shape index (κ1) is 19.8. The maximum atomic E-state index is 12.5. The van der Waals surface area contributed by atoms with Gasteiger partial charge in [0.05, 0.1) is 23.5 Å². The molecule has 0 aliphatic heterocycles. The zero-order chi connectivity index (χ0) is 21.7. The van der Waals surface area contributed by atoms with Crippen LogP contribution < -0.4 is 4.74 Å². The second-order valence-electron chi connectivity index (χ2n) is 8.36. The molecule has 0 spiro atoms. The number of nitrogens with zero attached hydrogens (tertiary/aromatic N) is 4. The summed E-state index contributed by atoms with van der Waals surface area (Å²) in [6.07, 6.45) is 1.89. The average Bonchev–Trinajstić information content (AvgIpc) is 3.45. The lowest BCUT2D eigenvalue weighted by molar-refractivity contribution is -0.137. The highest BCUT2D eigenvalue weighted by Crippen LogP contribution is 2.35. The molecule has 5 rings (SSSR count). The number of carbonyl (C=O) groups excluding carboxylic acids is 1. The van der Waals surface area contributed by atoms with Crippen molar-refractivity contribution in [3.8, 4) is 5.75 Å². The molecule has 6 nitrogen and oxygen atoms in total. The molecule has 158 valence electrons. The Morgan fingerprint density at radius 3 is 2.58 bits per heavy atom. The third-order valence-electron chi connectivity index (χ3n) is 5.35. The number of rotatable bonds is 5. The number of hydrogen-bond donors (Lipinski definition) is 0. The molecule has 0 atom stereocenters. The fraction of sp³-hybridized carbons (Fsp3) is 0.292. The van der Waals surface area contributed by atoms with E-state index in [4.69, 9.17) is 14.7 Å². The van der Waals surface area contributed by atoms with Crippen molar-refractivity contribution >= 4 is 45.0 Å². The molecule has 0 N–H and O–H groups in total. The molecule has 0 bridgehead atoms. The van der Waals surface area contributed by atoms with Gasteiger partial charge in [-0.25, -0.2) is 9.97 Å². The lowest BCUT2D eigenvalue weighted by atomic mass is 10.2. The molecule has 31 heavy (non-hydrogen) atoms. The van der Waals surface area contributed by atoms with Crippen LogP contribution >= 0.6 is 11.3 Å². The number of thiophene rings is 1. The molecular formula is C24H24N4O2S. The van der Waals surface area contributed by atoms with Crippen LogP contribution in [0.15, 0.2) is 48.0 Å². The number of para-hydroxylation sites is 2. The van der Waals surface area contributed by atoms with Crippen molar-refractivity contribution in [3.63, 3.8) is 0 Å². The minimum Gasteiger partial charge on any atom is -0.424 e. The Labute approximate surface area is 184 Å². The van der Waals surface area contributed by atoms with Crippen molar-refractivity contribution in [2.24, 2.45) is 5.92 Å². The standard InChI is InChI=1S/C24H24N4O2S/c1-14(2)21-26-22-20(23-25-17-9-5-6-10-18(17)28(21)23)19(30-24(29)15(3)4)13-27(22)12-16-8-7-11-31-16/h5-11,13-15H,12H2,1-4H3. The van der Waals surface area contributed by atoms with E-state index in [-0.39, 0.29) is 17.8 Å². The highest BCUT2D eigenvalue weighted by Gasteiger charge is 2.24. The van der Waals surface area contributed by atoms with Crippen LogP contribution in [0, 0.1) is 5.92 Å². The molecule has 4 aromatic heterocycles. The summed E-state index contributed by atoms with van der Waals surface area (Å²) in [4.78, 5) is 23.7. The molecule has 0 fully saturated rings. The molecular weight excluding hydrogens is 408 g/mol. The summed E-state index contributed by atoms with van der Waals surface area (Å²) >= 11 is 1.70. The molecule has 0 radical (unpaired) electrons. The number of fused-ring (bicyclic) bond motifs is 5. The summed E-state index contributed by atoms with van der Waals surface area (Å²) in [5.41, 5.74) is 3.45. The van der Waals surface area contributed by atoms with Gasteiger partial charge in [0.25, 0.3) is 0 Å². The van der Waals surface area contributed by atoms with Crippen LogP contribution in [0.1, 0.15) is 44.3 Å². The van der Waals surface area contributed by atoms with Crippen LogP contribution in [0.3, 0.4) is 0 Å². The first-order valence-electron chi connectivity index (χ1n) is 10.5. The molecule has 4 heterocycles. The van der Waals surface area contributed by atoms with E-state index in [1.54, 1.807) is 11.3 Å². The van der Waals surface area contributed by atoms with Crippen molar-refractivity contribution in [1.82, 2.24) is 18.9 Å². The van der Waals surface area contributed by atoms with Crippen molar-refractivity contribution < 1.29 is 9.53 Å². The van der Waals surface area contributed by atoms with Crippen LogP contribution in [-0.4, -0.2) is 24.9 Å². The van der Waals surface area contributed by atoms with Crippen molar-refractivity contribution in [3.05, 3.63) is 58.7 Å². The van der Waals surface area contributed by atoms with E-state index in [0.717, 1.165) is 33.5 Å². The fourth-order valence-electron chi connectivity index (χ4n) is 3.82. The Balaban J connectivity index is 1.86. The van der Waals surface area contributed by atoms with Gasteiger partial charge >= 0.3 is 5.97 Å². The van der Waals surface area contributed by atoms with Crippen LogP contribution in [0.4, 0.5) is 0 Å². The molecule has 0 unspecified atom stereocenters. The predicted octanol–water partition coefficient (Wildman–Crippen LogP) is 5.63. The zero-order valence-electron chi connectivity index (χ0n) is 18.0. The van der Waals surface area contributed by atoms with Gasteiger partial charge in [-0.15, -0.1) is 11.3 Å². The molecule has 0 saturated heterocycles. The summed E-state index contributed by atoms with van der Waals surface area (Å²) in [7, 11) is 0. The Hall–Kier alpha value is -3.19. The monoisotopic (exact) mass is 432 g/mol. The molecule has 0 aliphatic rings. The van der Waals surface area contributed by atoms with Gasteiger partial charge in [0.1, 0.15) is 16.9 Å². The lowest BCUT2D eigenvalue weighted by Gasteiger charge is -2.12. The second kappa shape index (κ2) is 7.50. The number of ether oxygens (including phenoxy) is 1. The van der Waals surface area contributed by atoms with Gasteiger partial charge < -0.3 is 9.30 Å². The first-order chi connectivity index (χ1) is 14.9. The largest absolute Gasteiger partial charge is 0.424 e. The lowest BCUT2D eigenvalue weighted by Crippen LogP contribution is -2.14. The summed E-state index contributed by atoms with van der Waals surface area (Å²) < 4.78 is 10.0. The van der Waals surface area contributed by atoms with E-state index < -0.39 is 0 Å². The third-order valence-corrected chi connectivity index (χ3v) is 6.21. The Kier molecular flexibility index (Phi) is 4.78. The van der Waals surface area contributed by atoms with Crippen LogP contribution in [0.5, 0.6) is 5.75 Å². The van der Waals surface area contributed by atoms with Gasteiger partial charge in [-0.2, -0.15) is 0 Å². The van der Waals surface area contributed by atoms with Crippen molar-refractivity contribution in [2.75, 3.05) is 0 Å². The van der Waals surface area contributed by atoms with E-state index in [1.165, 1.54) is 4.88 Å². The Morgan fingerprint density at radius 1 is 1.06 bits per heavy atom. The Morgan fingerprint density at radius 2 is 1.87 bits per heavy atom. The number of hydrogen-bond acceptors (Lipinski definition) is 5. The van der Waals surface area contributed by atoms with E-state index >= 15 is 0 Å². The first-order valence-corrected chi connectivity index (χ1v) is 11.4. The average molecular weight is 433 g/mol. The number of benzene rings is 1. The molecule has 0 aliphatic carbocycles. The Bertz CT molecular complexity index is 1410. The van der Waals surface area contributed by atoms with Gasteiger partial charge in [-0.1, -0.05) is 45.9 Å². The minimum atomic E-state index is -0.266. The van der Waals surface area contributed by atoms with Crippen LogP contribution in [-0.2, 0) is 11.3 Å². The number of aromatic nitrogens is 4. The molecule has 0 amide bonds.